The van der Waals surface area contributed by atoms with Crippen molar-refractivity contribution in [1.82, 2.24) is 9.97 Å². The first-order valence-corrected chi connectivity index (χ1v) is 5.77. The molecule has 0 bridgehead atoms. The SMILES string of the molecule is O=c1cnc(-c2ccccc2F)c2ccccc2n1. The minimum atomic E-state index is -0.446. The van der Waals surface area contributed by atoms with Gasteiger partial charge in [0.25, 0.3) is 5.56 Å². The van der Waals surface area contributed by atoms with Crippen molar-refractivity contribution in [2.45, 2.75) is 0 Å². The minimum Gasteiger partial charge on any atom is -0.266 e. The van der Waals surface area contributed by atoms with E-state index in [-0.39, 0.29) is 5.82 Å². The monoisotopic (exact) mass is 252 g/mol. The molecule has 0 spiro atoms. The average molecular weight is 252 g/mol. The van der Waals surface area contributed by atoms with Crippen LogP contribution in [0.5, 0.6) is 0 Å². The molecule has 19 heavy (non-hydrogen) atoms. The summed E-state index contributed by atoms with van der Waals surface area (Å²) in [5.41, 5.74) is 0.835. The lowest BCUT2D eigenvalue weighted by Crippen LogP contribution is -1.98. The zero-order valence-electron chi connectivity index (χ0n) is 9.88. The number of halogens is 1. The van der Waals surface area contributed by atoms with Crippen LogP contribution in [-0.4, -0.2) is 9.97 Å². The van der Waals surface area contributed by atoms with Crippen molar-refractivity contribution < 1.29 is 4.39 Å². The fourth-order valence-corrected chi connectivity index (χ4v) is 1.98. The highest BCUT2D eigenvalue weighted by atomic mass is 19.1. The molecule has 0 saturated carbocycles. The third kappa shape index (κ3) is 2.08. The number of aromatic nitrogens is 2. The molecule has 3 rings (SSSR count). The lowest BCUT2D eigenvalue weighted by atomic mass is 10.1. The Morgan fingerprint density at radius 2 is 1.68 bits per heavy atom. The van der Waals surface area contributed by atoms with Gasteiger partial charge in [-0.2, -0.15) is 0 Å². The predicted octanol–water partition coefficient (Wildman–Crippen LogP) is 2.80. The van der Waals surface area contributed by atoms with E-state index in [0.29, 0.717) is 22.2 Å². The number of para-hydroxylation sites is 1. The first kappa shape index (κ1) is 11.5. The predicted molar refractivity (Wildman–Crippen MR) is 71.2 cm³/mol. The average Bonchev–Trinajstić information content (AvgIpc) is 2.58. The van der Waals surface area contributed by atoms with E-state index in [1.165, 1.54) is 6.07 Å². The van der Waals surface area contributed by atoms with Crippen molar-refractivity contribution in [2.75, 3.05) is 0 Å². The van der Waals surface area contributed by atoms with E-state index < -0.39 is 5.56 Å². The van der Waals surface area contributed by atoms with E-state index in [0.717, 1.165) is 6.20 Å². The Morgan fingerprint density at radius 3 is 2.53 bits per heavy atom. The summed E-state index contributed by atoms with van der Waals surface area (Å²) in [6.45, 7) is 0. The van der Waals surface area contributed by atoms with E-state index in [9.17, 15) is 9.18 Å². The van der Waals surface area contributed by atoms with Crippen molar-refractivity contribution in [3.05, 3.63) is 70.9 Å². The molecule has 1 heterocycles. The molecule has 0 amide bonds. The molecule has 0 aliphatic heterocycles. The molecule has 0 N–H and O–H groups in total. The molecule has 4 heteroatoms. The Morgan fingerprint density at radius 1 is 0.947 bits per heavy atom. The van der Waals surface area contributed by atoms with Gasteiger partial charge in [-0.1, -0.05) is 30.3 Å². The van der Waals surface area contributed by atoms with E-state index in [4.69, 9.17) is 0 Å². The van der Waals surface area contributed by atoms with Crippen LogP contribution in [0.25, 0.3) is 22.2 Å². The summed E-state index contributed by atoms with van der Waals surface area (Å²) >= 11 is 0. The summed E-state index contributed by atoms with van der Waals surface area (Å²) in [4.78, 5) is 19.5. The van der Waals surface area contributed by atoms with Crippen LogP contribution < -0.4 is 5.56 Å². The van der Waals surface area contributed by atoms with E-state index in [1.54, 1.807) is 42.5 Å². The van der Waals surface area contributed by atoms with Crippen LogP contribution in [0.15, 0.2) is 59.5 Å². The maximum atomic E-state index is 13.9. The van der Waals surface area contributed by atoms with E-state index >= 15 is 0 Å². The maximum Gasteiger partial charge on any atom is 0.288 e. The van der Waals surface area contributed by atoms with Crippen LogP contribution in [0.4, 0.5) is 4.39 Å². The van der Waals surface area contributed by atoms with Gasteiger partial charge in [0.1, 0.15) is 5.82 Å². The zero-order valence-corrected chi connectivity index (χ0v) is 9.88. The highest BCUT2D eigenvalue weighted by Gasteiger charge is 2.09. The minimum absolute atomic E-state index is 0.358. The molecule has 0 radical (unpaired) electrons. The zero-order chi connectivity index (χ0) is 13.2. The van der Waals surface area contributed by atoms with Crippen molar-refractivity contribution in [3.63, 3.8) is 0 Å². The largest absolute Gasteiger partial charge is 0.288 e. The van der Waals surface area contributed by atoms with Gasteiger partial charge in [-0.25, -0.2) is 14.4 Å². The Balaban J connectivity index is 2.46. The van der Waals surface area contributed by atoms with Gasteiger partial charge in [-0.15, -0.1) is 0 Å². The third-order valence-corrected chi connectivity index (χ3v) is 2.82. The van der Waals surface area contributed by atoms with Gasteiger partial charge in [-0.05, 0) is 18.2 Å². The molecule has 3 aromatic rings. The standard InChI is InChI=1S/C15H9FN2O/c16-12-7-3-1-5-10(12)15-11-6-2-4-8-13(11)18-14(19)9-17-15/h1-9H. The van der Waals surface area contributed by atoms with Gasteiger partial charge in [0, 0.05) is 10.9 Å². The van der Waals surface area contributed by atoms with Crippen molar-refractivity contribution in [3.8, 4) is 11.3 Å². The second kappa shape index (κ2) is 4.57. The summed E-state index contributed by atoms with van der Waals surface area (Å²) < 4.78 is 13.9. The molecule has 3 nitrogen and oxygen atoms in total. The number of nitrogens with zero attached hydrogens (tertiary/aromatic N) is 2. The van der Waals surface area contributed by atoms with Crippen LogP contribution >= 0.6 is 0 Å². The number of fused-ring (bicyclic) bond motifs is 1. The summed E-state index contributed by atoms with van der Waals surface area (Å²) in [6, 6.07) is 13.4. The Kier molecular flexibility index (Phi) is 2.76. The molecule has 0 saturated heterocycles. The normalized spacial score (nSPS) is 10.6. The number of benzene rings is 2. The van der Waals surface area contributed by atoms with Crippen LogP contribution in [0.1, 0.15) is 0 Å². The van der Waals surface area contributed by atoms with Gasteiger partial charge in [0.2, 0.25) is 0 Å². The Hall–Kier alpha value is -2.62. The molecule has 92 valence electrons. The summed E-state index contributed by atoms with van der Waals surface area (Å²) in [7, 11) is 0. The smallest absolute Gasteiger partial charge is 0.266 e. The first-order chi connectivity index (χ1) is 9.25. The maximum absolute atomic E-state index is 13.9. The molecule has 1 aromatic heterocycles. The molecular weight excluding hydrogens is 243 g/mol. The Labute approximate surface area is 108 Å². The quantitative estimate of drug-likeness (QED) is 0.668. The molecular formula is C15H9FN2O. The van der Waals surface area contributed by atoms with Gasteiger partial charge in [-0.3, -0.25) is 4.79 Å². The fraction of sp³-hybridized carbons (Fsp3) is 0. The second-order valence-corrected chi connectivity index (χ2v) is 4.05. The molecule has 0 atom stereocenters. The summed E-state index contributed by atoms with van der Waals surface area (Å²) in [6.07, 6.45) is 1.11. The Bertz CT molecular complexity index is 818. The fourth-order valence-electron chi connectivity index (χ4n) is 1.98. The van der Waals surface area contributed by atoms with Gasteiger partial charge < -0.3 is 0 Å². The number of hydrogen-bond donors (Lipinski definition) is 0. The molecule has 0 aliphatic rings. The third-order valence-electron chi connectivity index (χ3n) is 2.82. The number of hydrogen-bond acceptors (Lipinski definition) is 3. The molecule has 0 fully saturated rings. The van der Waals surface area contributed by atoms with Gasteiger partial charge in [0.15, 0.2) is 0 Å². The van der Waals surface area contributed by atoms with Crippen molar-refractivity contribution in [2.24, 2.45) is 0 Å². The van der Waals surface area contributed by atoms with Crippen molar-refractivity contribution >= 4 is 10.9 Å². The van der Waals surface area contributed by atoms with Crippen LogP contribution in [-0.2, 0) is 0 Å². The van der Waals surface area contributed by atoms with Crippen LogP contribution in [0.2, 0.25) is 0 Å². The first-order valence-electron chi connectivity index (χ1n) is 5.77. The second-order valence-electron chi connectivity index (χ2n) is 4.05. The van der Waals surface area contributed by atoms with Crippen LogP contribution in [0, 0.1) is 5.82 Å². The van der Waals surface area contributed by atoms with Gasteiger partial charge >= 0.3 is 0 Å². The topological polar surface area (TPSA) is 42.9 Å². The summed E-state index contributed by atoms with van der Waals surface area (Å²) in [5, 5.41) is 0.648. The molecule has 0 aliphatic carbocycles. The van der Waals surface area contributed by atoms with Crippen LogP contribution in [0.3, 0.4) is 0 Å². The van der Waals surface area contributed by atoms with E-state index in [1.807, 2.05) is 0 Å². The lowest BCUT2D eigenvalue weighted by molar-refractivity contribution is 0.631. The van der Waals surface area contributed by atoms with E-state index in [2.05, 4.69) is 9.97 Å². The van der Waals surface area contributed by atoms with Crippen molar-refractivity contribution in [1.29, 1.82) is 0 Å². The van der Waals surface area contributed by atoms with Gasteiger partial charge in [0.05, 0.1) is 17.4 Å². The lowest BCUT2D eigenvalue weighted by Gasteiger charge is -2.02. The highest BCUT2D eigenvalue weighted by molar-refractivity contribution is 5.91. The molecule has 2 aromatic carbocycles. The highest BCUT2D eigenvalue weighted by Crippen LogP contribution is 2.25. The molecule has 0 unspecified atom stereocenters. The number of rotatable bonds is 1. The summed E-state index contributed by atoms with van der Waals surface area (Å²) in [5.74, 6) is -0.376.